The summed E-state index contributed by atoms with van der Waals surface area (Å²) in [7, 11) is -3.87. The molecule has 0 spiro atoms. The summed E-state index contributed by atoms with van der Waals surface area (Å²) in [6, 6.07) is 8.16. The SMILES string of the molecule is [CH2+]C(/C=C/S(=O)(=O)Oc1ccccc1)CC(=O)OC(C)(C)C. The lowest BCUT2D eigenvalue weighted by Crippen LogP contribution is -2.24. The average Bonchev–Trinajstić information content (AvgIpc) is 2.35. The van der Waals surface area contributed by atoms with Crippen LogP contribution < -0.4 is 4.18 Å². The van der Waals surface area contributed by atoms with Crippen LogP contribution in [0.3, 0.4) is 0 Å². The van der Waals surface area contributed by atoms with Crippen molar-refractivity contribution in [1.29, 1.82) is 0 Å². The van der Waals surface area contributed by atoms with Gasteiger partial charge in [-0.1, -0.05) is 18.2 Å². The topological polar surface area (TPSA) is 69.7 Å². The summed E-state index contributed by atoms with van der Waals surface area (Å²) in [5.41, 5.74) is -0.580. The Bertz CT molecular complexity index is 612. The van der Waals surface area contributed by atoms with Gasteiger partial charge in [0.05, 0.1) is 18.8 Å². The Kier molecular flexibility index (Phi) is 6.05. The van der Waals surface area contributed by atoms with Gasteiger partial charge in [0.2, 0.25) is 0 Å². The Labute approximate surface area is 132 Å². The van der Waals surface area contributed by atoms with E-state index in [-0.39, 0.29) is 12.2 Å². The van der Waals surface area contributed by atoms with Gasteiger partial charge in [0, 0.05) is 0 Å². The fourth-order valence-electron chi connectivity index (χ4n) is 1.51. The Morgan fingerprint density at radius 3 is 2.41 bits per heavy atom. The van der Waals surface area contributed by atoms with E-state index in [2.05, 4.69) is 6.92 Å². The van der Waals surface area contributed by atoms with Crippen LogP contribution in [0, 0.1) is 12.8 Å². The lowest BCUT2D eigenvalue weighted by atomic mass is 10.1. The van der Waals surface area contributed by atoms with Crippen molar-refractivity contribution in [3.63, 3.8) is 0 Å². The average molecular weight is 325 g/mol. The molecule has 0 heterocycles. The van der Waals surface area contributed by atoms with E-state index in [1.54, 1.807) is 39.0 Å². The molecule has 0 saturated carbocycles. The van der Waals surface area contributed by atoms with Crippen LogP contribution in [0.2, 0.25) is 0 Å². The van der Waals surface area contributed by atoms with E-state index in [4.69, 9.17) is 8.92 Å². The molecule has 0 fully saturated rings. The molecule has 0 bridgehead atoms. The summed E-state index contributed by atoms with van der Waals surface area (Å²) in [6.45, 7) is 8.99. The van der Waals surface area contributed by atoms with Crippen molar-refractivity contribution >= 4 is 16.1 Å². The maximum absolute atomic E-state index is 11.8. The van der Waals surface area contributed by atoms with E-state index in [0.29, 0.717) is 0 Å². The van der Waals surface area contributed by atoms with Gasteiger partial charge < -0.3 is 8.92 Å². The van der Waals surface area contributed by atoms with Gasteiger partial charge in [-0.15, -0.1) is 0 Å². The first-order valence-electron chi connectivity index (χ1n) is 6.80. The lowest BCUT2D eigenvalue weighted by Gasteiger charge is -2.19. The van der Waals surface area contributed by atoms with Crippen molar-refractivity contribution in [2.24, 2.45) is 5.92 Å². The summed E-state index contributed by atoms with van der Waals surface area (Å²) in [5.74, 6) is -0.734. The summed E-state index contributed by atoms with van der Waals surface area (Å²) in [4.78, 5) is 11.6. The molecule has 0 N–H and O–H groups in total. The zero-order chi connectivity index (χ0) is 16.8. The van der Waals surface area contributed by atoms with Crippen LogP contribution in [0.5, 0.6) is 5.75 Å². The van der Waals surface area contributed by atoms with E-state index >= 15 is 0 Å². The first-order chi connectivity index (χ1) is 10.1. The number of esters is 1. The Hall–Kier alpha value is -1.95. The molecule has 0 saturated heterocycles. The van der Waals surface area contributed by atoms with Crippen LogP contribution in [0.1, 0.15) is 27.2 Å². The highest BCUT2D eigenvalue weighted by atomic mass is 32.2. The fourth-order valence-corrected chi connectivity index (χ4v) is 2.36. The van der Waals surface area contributed by atoms with Gasteiger partial charge in [0.25, 0.3) is 0 Å². The first kappa shape index (κ1) is 18.1. The molecule has 0 aromatic heterocycles. The lowest BCUT2D eigenvalue weighted by molar-refractivity contribution is -0.155. The second-order valence-electron chi connectivity index (χ2n) is 5.77. The third-order valence-electron chi connectivity index (χ3n) is 2.32. The van der Waals surface area contributed by atoms with Crippen LogP contribution >= 0.6 is 0 Å². The molecule has 5 nitrogen and oxygen atoms in total. The number of benzene rings is 1. The molecule has 1 rings (SSSR count). The Morgan fingerprint density at radius 1 is 1.27 bits per heavy atom. The molecule has 22 heavy (non-hydrogen) atoms. The van der Waals surface area contributed by atoms with Crippen molar-refractivity contribution in [3.8, 4) is 5.75 Å². The molecule has 0 amide bonds. The van der Waals surface area contributed by atoms with Gasteiger partial charge in [0.15, 0.2) is 0 Å². The van der Waals surface area contributed by atoms with Gasteiger partial charge in [-0.25, -0.2) is 0 Å². The van der Waals surface area contributed by atoms with Crippen LogP contribution in [0.4, 0.5) is 0 Å². The largest absolute Gasteiger partial charge is 0.460 e. The highest BCUT2D eigenvalue weighted by Gasteiger charge is 2.20. The zero-order valence-electron chi connectivity index (χ0n) is 13.0. The predicted molar refractivity (Wildman–Crippen MR) is 84.4 cm³/mol. The highest BCUT2D eigenvalue weighted by molar-refractivity contribution is 7.90. The maximum atomic E-state index is 11.8. The third-order valence-corrected chi connectivity index (χ3v) is 3.24. The molecule has 0 aliphatic carbocycles. The molecule has 120 valence electrons. The minimum absolute atomic E-state index is 0.00533. The zero-order valence-corrected chi connectivity index (χ0v) is 13.8. The minimum Gasteiger partial charge on any atom is -0.460 e. The molecule has 0 radical (unpaired) electrons. The Morgan fingerprint density at radius 2 is 1.86 bits per heavy atom. The summed E-state index contributed by atoms with van der Waals surface area (Å²) in [5, 5.41) is 0.905. The molecular weight excluding hydrogens is 304 g/mol. The van der Waals surface area contributed by atoms with Gasteiger partial charge in [0.1, 0.15) is 17.3 Å². The van der Waals surface area contributed by atoms with Crippen molar-refractivity contribution < 1.29 is 22.1 Å². The van der Waals surface area contributed by atoms with Crippen molar-refractivity contribution in [2.45, 2.75) is 32.8 Å². The van der Waals surface area contributed by atoms with Gasteiger partial charge in [-0.3, -0.25) is 4.79 Å². The predicted octanol–water partition coefficient (Wildman–Crippen LogP) is 3.09. The molecule has 1 unspecified atom stereocenters. The number of para-hydroxylation sites is 1. The number of carbonyl (C=O) groups is 1. The third kappa shape index (κ3) is 7.73. The molecule has 0 aliphatic heterocycles. The molecule has 1 atom stereocenters. The summed E-state index contributed by atoms with van der Waals surface area (Å²) in [6.07, 6.45) is 1.30. The molecular formula is C16H21O5S+. The quantitative estimate of drug-likeness (QED) is 0.457. The number of carbonyl (C=O) groups excluding carboxylic acids is 1. The number of hydrogen-bond acceptors (Lipinski definition) is 5. The molecule has 1 aromatic carbocycles. The van der Waals surface area contributed by atoms with Crippen molar-refractivity contribution in [3.05, 3.63) is 48.7 Å². The van der Waals surface area contributed by atoms with E-state index in [0.717, 1.165) is 5.41 Å². The molecule has 1 aromatic rings. The summed E-state index contributed by atoms with van der Waals surface area (Å²) < 4.78 is 33.6. The van der Waals surface area contributed by atoms with Crippen LogP contribution in [-0.4, -0.2) is 20.0 Å². The summed E-state index contributed by atoms with van der Waals surface area (Å²) >= 11 is 0. The number of rotatable bonds is 6. The molecule has 6 heteroatoms. The smallest absolute Gasteiger partial charge is 0.332 e. The normalized spacial score (nSPS) is 13.8. The van der Waals surface area contributed by atoms with E-state index in [1.807, 2.05) is 0 Å². The second-order valence-corrected chi connectivity index (χ2v) is 7.19. The monoisotopic (exact) mass is 325 g/mol. The van der Waals surface area contributed by atoms with E-state index in [9.17, 15) is 13.2 Å². The van der Waals surface area contributed by atoms with Crippen LogP contribution in [0.15, 0.2) is 41.8 Å². The van der Waals surface area contributed by atoms with Gasteiger partial charge in [-0.05, 0) is 39.0 Å². The molecule has 0 aliphatic rings. The fraction of sp³-hybridized carbons (Fsp3) is 0.375. The maximum Gasteiger partial charge on any atom is 0.332 e. The van der Waals surface area contributed by atoms with E-state index in [1.165, 1.54) is 18.2 Å². The second kappa shape index (κ2) is 7.35. The number of ether oxygens (including phenoxy) is 1. The highest BCUT2D eigenvalue weighted by Crippen LogP contribution is 2.15. The minimum atomic E-state index is -3.87. The van der Waals surface area contributed by atoms with Crippen LogP contribution in [0.25, 0.3) is 0 Å². The van der Waals surface area contributed by atoms with E-state index < -0.39 is 27.6 Å². The number of allylic oxidation sites excluding steroid dienone is 1. The Balaban J connectivity index is 2.57. The standard InChI is InChI=1S/C16H21O5S/c1-13(12-15(17)20-16(2,3)4)10-11-22(18,19)21-14-8-6-5-7-9-14/h5-11,13H,1,12H2,2-4H3/q+1/b11-10+. The number of hydrogen-bond donors (Lipinski definition) is 0. The first-order valence-corrected chi connectivity index (χ1v) is 8.27. The van der Waals surface area contributed by atoms with Gasteiger partial charge >= 0.3 is 16.1 Å². The van der Waals surface area contributed by atoms with Crippen molar-refractivity contribution in [2.75, 3.05) is 0 Å². The van der Waals surface area contributed by atoms with Crippen molar-refractivity contribution in [1.82, 2.24) is 0 Å². The van der Waals surface area contributed by atoms with Gasteiger partial charge in [-0.2, -0.15) is 8.42 Å². The van der Waals surface area contributed by atoms with Crippen LogP contribution in [-0.2, 0) is 19.6 Å².